The molecule has 177 valence electrons. The second-order valence-electron chi connectivity index (χ2n) is 9.61. The molecule has 0 unspecified atom stereocenters. The quantitative estimate of drug-likeness (QED) is 0.315. The van der Waals surface area contributed by atoms with Crippen molar-refractivity contribution in [1.29, 1.82) is 0 Å². The first-order valence-electron chi connectivity index (χ1n) is 11.4. The molecule has 0 bridgehead atoms. The van der Waals surface area contributed by atoms with Crippen LogP contribution in [0.25, 0.3) is 16.4 Å². The second kappa shape index (κ2) is 11.4. The normalized spacial score (nSPS) is 11.9. The molecule has 0 aromatic heterocycles. The van der Waals surface area contributed by atoms with Crippen LogP contribution in [0.3, 0.4) is 0 Å². The summed E-state index contributed by atoms with van der Waals surface area (Å²) in [5.74, 6) is 0.230. The van der Waals surface area contributed by atoms with Gasteiger partial charge < -0.3 is 30.1 Å². The van der Waals surface area contributed by atoms with Gasteiger partial charge in [0.15, 0.2) is 0 Å². The molecule has 0 saturated heterocycles. The standard InChI is InChI=1S/C31H30N.2ClH.Ti/c1-20-18-21(2)30(22(3)19-20)32-31(4,5)28-17-11-10-16-27(28)29-25-14-8-6-12-23(25)24-13-7-9-15-26(24)29;;;/h6-19,29H,1-5H3;2*1H;/q-1;;;+3/p-2. The fourth-order valence-corrected chi connectivity index (χ4v) is 5.49. The van der Waals surface area contributed by atoms with Crippen molar-refractivity contribution in [1.82, 2.24) is 0 Å². The van der Waals surface area contributed by atoms with Crippen LogP contribution in [-0.4, -0.2) is 0 Å². The first kappa shape index (κ1) is 29.2. The summed E-state index contributed by atoms with van der Waals surface area (Å²) in [5.41, 5.74) is 12.6. The number of aryl methyl sites for hydroxylation is 3. The molecule has 0 aliphatic heterocycles. The van der Waals surface area contributed by atoms with E-state index < -0.39 is 0 Å². The Morgan fingerprint density at radius 2 is 1.06 bits per heavy atom. The topological polar surface area (TPSA) is 14.1 Å². The van der Waals surface area contributed by atoms with Gasteiger partial charge in [-0.25, -0.2) is 0 Å². The predicted molar refractivity (Wildman–Crippen MR) is 136 cm³/mol. The third-order valence-corrected chi connectivity index (χ3v) is 6.79. The Morgan fingerprint density at radius 1 is 0.629 bits per heavy atom. The second-order valence-corrected chi connectivity index (χ2v) is 9.61. The van der Waals surface area contributed by atoms with Gasteiger partial charge in [-0.3, -0.25) is 0 Å². The zero-order valence-corrected chi connectivity index (χ0v) is 23.9. The molecule has 1 aliphatic rings. The Kier molecular flexibility index (Phi) is 9.48. The zero-order chi connectivity index (χ0) is 22.5. The maximum atomic E-state index is 5.35. The van der Waals surface area contributed by atoms with Gasteiger partial charge in [0.2, 0.25) is 0 Å². The number of rotatable bonds is 4. The summed E-state index contributed by atoms with van der Waals surface area (Å²) in [6.07, 6.45) is 0. The van der Waals surface area contributed by atoms with Crippen LogP contribution in [0.2, 0.25) is 0 Å². The number of fused-ring (bicyclic) bond motifs is 3. The van der Waals surface area contributed by atoms with E-state index in [4.69, 9.17) is 5.32 Å². The number of hydrogen-bond donors (Lipinski definition) is 0. The van der Waals surface area contributed by atoms with E-state index in [1.165, 1.54) is 50.1 Å². The van der Waals surface area contributed by atoms with E-state index in [2.05, 4.69) is 120 Å². The molecule has 0 fully saturated rings. The minimum absolute atomic E-state index is 0. The monoisotopic (exact) mass is 534 g/mol. The molecule has 1 nitrogen and oxygen atoms in total. The van der Waals surface area contributed by atoms with Gasteiger partial charge >= 0.3 is 21.7 Å². The van der Waals surface area contributed by atoms with Crippen LogP contribution in [0.1, 0.15) is 58.7 Å². The van der Waals surface area contributed by atoms with E-state index >= 15 is 0 Å². The molecule has 4 aromatic rings. The Bertz CT molecular complexity index is 1260. The van der Waals surface area contributed by atoms with Crippen molar-refractivity contribution >= 4 is 5.69 Å². The molecule has 4 aromatic carbocycles. The maximum absolute atomic E-state index is 5.35. The average molecular weight is 535 g/mol. The first-order chi connectivity index (χ1) is 15.4. The summed E-state index contributed by atoms with van der Waals surface area (Å²) in [6.45, 7) is 11.0. The van der Waals surface area contributed by atoms with E-state index in [-0.39, 0.29) is 58.0 Å². The molecular weight excluding hydrogens is 505 g/mol. The van der Waals surface area contributed by atoms with Gasteiger partial charge in [-0.15, -0.1) is 5.69 Å². The molecule has 35 heavy (non-hydrogen) atoms. The molecule has 0 N–H and O–H groups in total. The van der Waals surface area contributed by atoms with Crippen LogP contribution in [0.4, 0.5) is 5.69 Å². The molecule has 4 heteroatoms. The average Bonchev–Trinajstić information content (AvgIpc) is 3.11. The van der Waals surface area contributed by atoms with Crippen molar-refractivity contribution in [3.63, 3.8) is 0 Å². The van der Waals surface area contributed by atoms with Crippen LogP contribution >= 0.6 is 0 Å². The van der Waals surface area contributed by atoms with Gasteiger partial charge in [-0.05, 0) is 48.6 Å². The van der Waals surface area contributed by atoms with Crippen LogP contribution < -0.4 is 24.8 Å². The van der Waals surface area contributed by atoms with Crippen LogP contribution in [-0.2, 0) is 27.3 Å². The largest absolute Gasteiger partial charge is 3.00 e. The Labute approximate surface area is 237 Å². The molecule has 0 atom stereocenters. The number of nitrogens with zero attached hydrogens (tertiary/aromatic N) is 1. The van der Waals surface area contributed by atoms with Gasteiger partial charge in [0.1, 0.15) is 0 Å². The minimum atomic E-state index is -0.353. The Hall–Kier alpha value is -2.03. The minimum Gasteiger partial charge on any atom is -1.00 e. The zero-order valence-electron chi connectivity index (χ0n) is 20.9. The van der Waals surface area contributed by atoms with E-state index in [9.17, 15) is 0 Å². The van der Waals surface area contributed by atoms with Crippen molar-refractivity contribution in [3.8, 4) is 11.1 Å². The molecular formula is C31H30Cl2NTi. The van der Waals surface area contributed by atoms with Crippen LogP contribution in [0.15, 0.2) is 84.9 Å². The van der Waals surface area contributed by atoms with Crippen LogP contribution in [0, 0.1) is 20.8 Å². The molecule has 1 aliphatic carbocycles. The van der Waals surface area contributed by atoms with Gasteiger partial charge in [0.25, 0.3) is 0 Å². The fourth-order valence-electron chi connectivity index (χ4n) is 5.49. The third kappa shape index (κ3) is 5.25. The van der Waals surface area contributed by atoms with Crippen LogP contribution in [0.5, 0.6) is 0 Å². The van der Waals surface area contributed by atoms with E-state index in [0.717, 1.165) is 5.69 Å². The molecule has 0 amide bonds. The predicted octanol–water partition coefficient (Wildman–Crippen LogP) is 2.72. The first-order valence-corrected chi connectivity index (χ1v) is 11.4. The molecule has 0 spiro atoms. The SMILES string of the molecule is Cc1cc(C)c([N-]C(C)(C)c2ccccc2C2c3ccccc3-c3ccccc32)c(C)c1.[Cl-].[Cl-].[Ti+3]. The number of halogens is 2. The summed E-state index contributed by atoms with van der Waals surface area (Å²) in [4.78, 5) is 0. The molecule has 0 heterocycles. The number of hydrogen-bond acceptors (Lipinski definition) is 0. The third-order valence-electron chi connectivity index (χ3n) is 6.79. The van der Waals surface area contributed by atoms with Gasteiger partial charge in [0.05, 0.1) is 0 Å². The van der Waals surface area contributed by atoms with Gasteiger partial charge in [-0.2, -0.15) is 0 Å². The van der Waals surface area contributed by atoms with E-state index in [0.29, 0.717) is 0 Å². The summed E-state index contributed by atoms with van der Waals surface area (Å²) >= 11 is 0. The van der Waals surface area contributed by atoms with Gasteiger partial charge in [0, 0.05) is 5.92 Å². The van der Waals surface area contributed by atoms with E-state index in [1.807, 2.05) is 0 Å². The van der Waals surface area contributed by atoms with Gasteiger partial charge in [-0.1, -0.05) is 127 Å². The number of benzene rings is 4. The Balaban J connectivity index is 0.00000144. The summed E-state index contributed by atoms with van der Waals surface area (Å²) < 4.78 is 0. The summed E-state index contributed by atoms with van der Waals surface area (Å²) in [5, 5.41) is 5.35. The van der Waals surface area contributed by atoms with E-state index in [1.54, 1.807) is 0 Å². The van der Waals surface area contributed by atoms with Crippen molar-refractivity contribution in [2.45, 2.75) is 46.1 Å². The molecule has 0 saturated carbocycles. The molecule has 5 rings (SSSR count). The van der Waals surface area contributed by atoms with Crippen molar-refractivity contribution in [3.05, 3.63) is 129 Å². The van der Waals surface area contributed by atoms with Crippen molar-refractivity contribution in [2.75, 3.05) is 0 Å². The smallest absolute Gasteiger partial charge is 1.00 e. The summed E-state index contributed by atoms with van der Waals surface area (Å²) in [6, 6.07) is 31.0. The fraction of sp³-hybridized carbons (Fsp3) is 0.226. The maximum Gasteiger partial charge on any atom is 3.00 e. The molecule has 1 radical (unpaired) electrons. The Morgan fingerprint density at radius 3 is 1.57 bits per heavy atom. The van der Waals surface area contributed by atoms with Crippen molar-refractivity contribution in [2.24, 2.45) is 0 Å². The summed E-state index contributed by atoms with van der Waals surface area (Å²) in [7, 11) is 0. The van der Waals surface area contributed by atoms with Crippen molar-refractivity contribution < 1.29 is 46.5 Å².